The number of amides is 1. The van der Waals surface area contributed by atoms with Crippen LogP contribution in [-0.2, 0) is 4.74 Å². The van der Waals surface area contributed by atoms with Crippen LogP contribution in [0.5, 0.6) is 0 Å². The molecule has 22 heavy (non-hydrogen) atoms. The van der Waals surface area contributed by atoms with Gasteiger partial charge in [-0.15, -0.1) is 0 Å². The number of β-amino-alcohol motifs (C(OH)–C–C–N with tert-alkyl or cyclic N) is 1. The van der Waals surface area contributed by atoms with Gasteiger partial charge in [-0.05, 0) is 12.8 Å². The van der Waals surface area contributed by atoms with E-state index < -0.39 is 6.10 Å². The van der Waals surface area contributed by atoms with E-state index in [1.165, 1.54) is 6.20 Å². The van der Waals surface area contributed by atoms with Gasteiger partial charge in [0.25, 0.3) is 5.91 Å². The van der Waals surface area contributed by atoms with E-state index in [1.807, 2.05) is 4.90 Å². The van der Waals surface area contributed by atoms with Crippen LogP contribution in [0.1, 0.15) is 23.3 Å². The van der Waals surface area contributed by atoms with E-state index in [-0.39, 0.29) is 5.91 Å². The molecule has 7 nitrogen and oxygen atoms in total. The van der Waals surface area contributed by atoms with Crippen molar-refractivity contribution in [1.29, 1.82) is 0 Å². The van der Waals surface area contributed by atoms with Crippen LogP contribution < -0.4 is 0 Å². The van der Waals surface area contributed by atoms with E-state index in [9.17, 15) is 9.90 Å². The molecule has 0 radical (unpaired) electrons. The third kappa shape index (κ3) is 3.60. The highest BCUT2D eigenvalue weighted by atomic mass is 16.5. The molecule has 2 aliphatic heterocycles. The smallest absolute Gasteiger partial charge is 0.274 e. The van der Waals surface area contributed by atoms with Gasteiger partial charge in [-0.25, -0.2) is 4.98 Å². The van der Waals surface area contributed by atoms with Crippen molar-refractivity contribution < 1.29 is 14.6 Å². The average Bonchev–Trinajstić information content (AvgIpc) is 2.80. The molecular formula is C15H22N4O3. The summed E-state index contributed by atoms with van der Waals surface area (Å²) >= 11 is 0. The highest BCUT2D eigenvalue weighted by Crippen LogP contribution is 2.19. The Bertz CT molecular complexity index is 491. The van der Waals surface area contributed by atoms with Gasteiger partial charge in [-0.2, -0.15) is 0 Å². The summed E-state index contributed by atoms with van der Waals surface area (Å²) in [6, 6.07) is 0.405. The minimum absolute atomic E-state index is 0.0502. The summed E-state index contributed by atoms with van der Waals surface area (Å²) in [4.78, 5) is 24.5. The Morgan fingerprint density at radius 1 is 1.27 bits per heavy atom. The van der Waals surface area contributed by atoms with Gasteiger partial charge < -0.3 is 14.7 Å². The second-order valence-electron chi connectivity index (χ2n) is 5.84. The summed E-state index contributed by atoms with van der Waals surface area (Å²) in [5, 5.41) is 9.83. The molecule has 0 unspecified atom stereocenters. The Balaban J connectivity index is 1.55. The van der Waals surface area contributed by atoms with Crippen molar-refractivity contribution in [3.05, 3.63) is 24.3 Å². The van der Waals surface area contributed by atoms with Crippen molar-refractivity contribution in [1.82, 2.24) is 19.8 Å². The molecule has 2 fully saturated rings. The number of piperidine rings is 1. The molecule has 3 heterocycles. The van der Waals surface area contributed by atoms with Crippen molar-refractivity contribution in [2.75, 3.05) is 39.4 Å². The fourth-order valence-corrected chi connectivity index (χ4v) is 3.15. The lowest BCUT2D eigenvalue weighted by atomic mass is 10.0. The zero-order valence-electron chi connectivity index (χ0n) is 12.6. The number of ether oxygens (including phenoxy) is 1. The first-order valence-electron chi connectivity index (χ1n) is 7.79. The van der Waals surface area contributed by atoms with Crippen LogP contribution in [0, 0.1) is 0 Å². The molecule has 1 N–H and O–H groups in total. The number of carbonyl (C=O) groups is 1. The Morgan fingerprint density at radius 3 is 2.82 bits per heavy atom. The van der Waals surface area contributed by atoms with Crippen LogP contribution in [0.4, 0.5) is 0 Å². The minimum atomic E-state index is -0.415. The second kappa shape index (κ2) is 7.13. The number of hydrogen-bond acceptors (Lipinski definition) is 6. The summed E-state index contributed by atoms with van der Waals surface area (Å²) in [7, 11) is 0. The van der Waals surface area contributed by atoms with Gasteiger partial charge in [0.2, 0.25) is 0 Å². The van der Waals surface area contributed by atoms with Crippen molar-refractivity contribution >= 4 is 5.91 Å². The SMILES string of the molecule is O=C(c1cnccn1)N1CCC(N2CCOC[C@H](O)C2)CC1. The lowest BCUT2D eigenvalue weighted by Gasteiger charge is -2.38. The quantitative estimate of drug-likeness (QED) is 0.813. The number of hydrogen-bond donors (Lipinski definition) is 1. The molecule has 120 valence electrons. The molecule has 1 amide bonds. The highest BCUT2D eigenvalue weighted by Gasteiger charge is 2.29. The van der Waals surface area contributed by atoms with Crippen molar-refractivity contribution in [3.8, 4) is 0 Å². The monoisotopic (exact) mass is 306 g/mol. The Morgan fingerprint density at radius 2 is 2.09 bits per heavy atom. The van der Waals surface area contributed by atoms with Gasteiger partial charge in [-0.3, -0.25) is 14.7 Å². The third-order valence-corrected chi connectivity index (χ3v) is 4.33. The summed E-state index contributed by atoms with van der Waals surface area (Å²) in [5.74, 6) is -0.0502. The molecule has 0 saturated carbocycles. The molecule has 0 aliphatic carbocycles. The van der Waals surface area contributed by atoms with Crippen molar-refractivity contribution in [2.45, 2.75) is 25.0 Å². The van der Waals surface area contributed by atoms with E-state index in [0.29, 0.717) is 44.6 Å². The van der Waals surface area contributed by atoms with Crippen LogP contribution in [0.3, 0.4) is 0 Å². The number of rotatable bonds is 2. The molecule has 2 saturated heterocycles. The Kier molecular flexibility index (Phi) is 4.97. The molecule has 0 aromatic carbocycles. The Labute approximate surface area is 129 Å². The van der Waals surface area contributed by atoms with Gasteiger partial charge in [0.1, 0.15) is 5.69 Å². The third-order valence-electron chi connectivity index (χ3n) is 4.33. The maximum absolute atomic E-state index is 12.3. The first-order chi connectivity index (χ1) is 10.7. The van der Waals surface area contributed by atoms with Crippen LogP contribution in [-0.4, -0.2) is 82.3 Å². The maximum Gasteiger partial charge on any atom is 0.274 e. The summed E-state index contributed by atoms with van der Waals surface area (Å²) in [5.41, 5.74) is 0.402. The number of aromatic nitrogens is 2. The molecule has 1 atom stereocenters. The minimum Gasteiger partial charge on any atom is -0.389 e. The number of carbonyl (C=O) groups excluding carboxylic acids is 1. The molecule has 0 bridgehead atoms. The number of aliphatic hydroxyl groups is 1. The van der Waals surface area contributed by atoms with Gasteiger partial charge >= 0.3 is 0 Å². The zero-order valence-corrected chi connectivity index (χ0v) is 12.6. The normalized spacial score (nSPS) is 25.0. The van der Waals surface area contributed by atoms with E-state index in [2.05, 4.69) is 14.9 Å². The Hall–Kier alpha value is -1.57. The van der Waals surface area contributed by atoms with E-state index in [4.69, 9.17) is 4.74 Å². The van der Waals surface area contributed by atoms with Crippen LogP contribution in [0.2, 0.25) is 0 Å². The molecular weight excluding hydrogens is 284 g/mol. The molecule has 7 heteroatoms. The van der Waals surface area contributed by atoms with E-state index in [1.54, 1.807) is 12.4 Å². The van der Waals surface area contributed by atoms with Gasteiger partial charge in [0, 0.05) is 44.6 Å². The number of likely N-dealkylation sites (tertiary alicyclic amines) is 1. The summed E-state index contributed by atoms with van der Waals surface area (Å²) in [6.45, 7) is 4.01. The molecule has 0 spiro atoms. The van der Waals surface area contributed by atoms with Crippen LogP contribution in [0.15, 0.2) is 18.6 Å². The standard InChI is InChI=1S/C15H22N4O3/c20-13-10-19(7-8-22-11-13)12-1-5-18(6-2-12)15(21)14-9-16-3-4-17-14/h3-4,9,12-13,20H,1-2,5-8,10-11H2/t13-/m1/s1. The topological polar surface area (TPSA) is 78.8 Å². The summed E-state index contributed by atoms with van der Waals surface area (Å²) < 4.78 is 5.37. The maximum atomic E-state index is 12.3. The van der Waals surface area contributed by atoms with Gasteiger partial charge in [-0.1, -0.05) is 0 Å². The fraction of sp³-hybridized carbons (Fsp3) is 0.667. The first kappa shape index (κ1) is 15.3. The fourth-order valence-electron chi connectivity index (χ4n) is 3.15. The average molecular weight is 306 g/mol. The first-order valence-corrected chi connectivity index (χ1v) is 7.79. The predicted octanol–water partition coefficient (Wildman–Crippen LogP) is -0.226. The van der Waals surface area contributed by atoms with Crippen molar-refractivity contribution in [3.63, 3.8) is 0 Å². The molecule has 1 aromatic rings. The lowest BCUT2D eigenvalue weighted by molar-refractivity contribution is 0.0463. The van der Waals surface area contributed by atoms with Crippen LogP contribution >= 0.6 is 0 Å². The zero-order chi connectivity index (χ0) is 15.4. The van der Waals surface area contributed by atoms with E-state index in [0.717, 1.165) is 19.4 Å². The largest absolute Gasteiger partial charge is 0.389 e. The second-order valence-corrected chi connectivity index (χ2v) is 5.84. The summed E-state index contributed by atoms with van der Waals surface area (Å²) in [6.07, 6.45) is 6.03. The molecule has 2 aliphatic rings. The predicted molar refractivity (Wildman–Crippen MR) is 79.4 cm³/mol. The molecule has 1 aromatic heterocycles. The van der Waals surface area contributed by atoms with Gasteiger partial charge in [0.15, 0.2) is 0 Å². The molecule has 3 rings (SSSR count). The van der Waals surface area contributed by atoms with Crippen molar-refractivity contribution in [2.24, 2.45) is 0 Å². The van der Waals surface area contributed by atoms with Crippen LogP contribution in [0.25, 0.3) is 0 Å². The van der Waals surface area contributed by atoms with Gasteiger partial charge in [0.05, 0.1) is 25.5 Å². The lowest BCUT2D eigenvalue weighted by Crippen LogP contribution is -2.48. The number of aliphatic hydroxyl groups excluding tert-OH is 1. The van der Waals surface area contributed by atoms with E-state index >= 15 is 0 Å². The highest BCUT2D eigenvalue weighted by molar-refractivity contribution is 5.92. The number of nitrogens with zero attached hydrogens (tertiary/aromatic N) is 4.